The van der Waals surface area contributed by atoms with Crippen LogP contribution in [0, 0.1) is 11.6 Å². The van der Waals surface area contributed by atoms with Crippen LogP contribution in [0.5, 0.6) is 0 Å². The van der Waals surface area contributed by atoms with E-state index in [0.29, 0.717) is 4.31 Å². The van der Waals surface area contributed by atoms with Crippen molar-refractivity contribution in [3.05, 3.63) is 65.7 Å². The molecule has 0 bridgehead atoms. The van der Waals surface area contributed by atoms with E-state index >= 15 is 0 Å². The molecule has 0 unspecified atom stereocenters. The summed E-state index contributed by atoms with van der Waals surface area (Å²) in [6, 6.07) is 9.84. The Morgan fingerprint density at radius 2 is 1.51 bits per heavy atom. The molecule has 0 heterocycles. The van der Waals surface area contributed by atoms with Gasteiger partial charge in [0.1, 0.15) is 24.2 Å². The van der Waals surface area contributed by atoms with Gasteiger partial charge in [-0.05, 0) is 45.9 Å². The number of rotatable bonds is 9. The lowest BCUT2D eigenvalue weighted by Crippen LogP contribution is -2.55. The molecular formula is C24H32F2N4O4S. The third-order valence-corrected chi connectivity index (χ3v) is 6.91. The maximum Gasteiger partial charge on any atom is 0.304 e. The Kier molecular flexibility index (Phi) is 8.96. The summed E-state index contributed by atoms with van der Waals surface area (Å²) < 4.78 is 56.5. The first-order valence-electron chi connectivity index (χ1n) is 10.9. The number of carbonyl (C=O) groups excluding carboxylic acids is 2. The Bertz CT molecular complexity index is 1170. The second-order valence-electron chi connectivity index (χ2n) is 9.28. The molecule has 2 rings (SSSR count). The zero-order valence-electron chi connectivity index (χ0n) is 20.7. The van der Waals surface area contributed by atoms with E-state index in [-0.39, 0.29) is 17.8 Å². The highest BCUT2D eigenvalue weighted by Crippen LogP contribution is 2.24. The number of nitrogens with zero attached hydrogens (tertiary/aromatic N) is 3. The van der Waals surface area contributed by atoms with Gasteiger partial charge in [0.05, 0.1) is 5.69 Å². The molecule has 1 N–H and O–H groups in total. The zero-order chi connectivity index (χ0) is 26.6. The molecule has 0 aliphatic rings. The standard InChI is InChI=1S/C24H32F2N4O4S/c1-17(23(32)27-24(2,3)4)29(15-18-11-7-8-12-19(18)25)22(31)16-30(35(33,34)28(5)6)21-14-10-9-13-20(21)26/h7-14,17H,15-16H2,1-6H3,(H,27,32)/t17-/m1/s1. The average Bonchev–Trinajstić information content (AvgIpc) is 2.75. The molecule has 8 nitrogen and oxygen atoms in total. The smallest absolute Gasteiger partial charge is 0.304 e. The van der Waals surface area contributed by atoms with Crippen LogP contribution < -0.4 is 9.62 Å². The van der Waals surface area contributed by atoms with E-state index < -0.39 is 51.8 Å². The maximum atomic E-state index is 14.6. The number of halogens is 2. The predicted octanol–water partition coefficient (Wildman–Crippen LogP) is 2.91. The van der Waals surface area contributed by atoms with Gasteiger partial charge in [-0.2, -0.15) is 12.7 Å². The van der Waals surface area contributed by atoms with E-state index in [1.807, 2.05) is 0 Å². The van der Waals surface area contributed by atoms with Crippen molar-refractivity contribution >= 4 is 27.7 Å². The second kappa shape index (κ2) is 11.1. The third kappa shape index (κ3) is 7.22. The molecule has 0 saturated heterocycles. The Morgan fingerprint density at radius 1 is 0.971 bits per heavy atom. The highest BCUT2D eigenvalue weighted by Gasteiger charge is 2.34. The van der Waals surface area contributed by atoms with E-state index in [1.54, 1.807) is 26.8 Å². The Balaban J connectivity index is 2.50. The van der Waals surface area contributed by atoms with E-state index in [2.05, 4.69) is 5.32 Å². The Morgan fingerprint density at radius 3 is 2.03 bits per heavy atom. The number of nitrogens with one attached hydrogen (secondary N) is 1. The molecule has 1 atom stereocenters. The van der Waals surface area contributed by atoms with Crippen LogP contribution in [0.15, 0.2) is 48.5 Å². The summed E-state index contributed by atoms with van der Waals surface area (Å²) in [4.78, 5) is 27.5. The average molecular weight is 511 g/mol. The minimum Gasteiger partial charge on any atom is -0.350 e. The van der Waals surface area contributed by atoms with Gasteiger partial charge in [-0.15, -0.1) is 0 Å². The number of amides is 2. The van der Waals surface area contributed by atoms with Crippen molar-refractivity contribution in [3.63, 3.8) is 0 Å². The van der Waals surface area contributed by atoms with Crippen LogP contribution in [0.25, 0.3) is 0 Å². The van der Waals surface area contributed by atoms with Crippen molar-refractivity contribution in [1.82, 2.24) is 14.5 Å². The van der Waals surface area contributed by atoms with E-state index in [9.17, 15) is 26.8 Å². The van der Waals surface area contributed by atoms with Gasteiger partial charge in [-0.1, -0.05) is 30.3 Å². The molecule has 0 aromatic heterocycles. The minimum atomic E-state index is -4.29. The van der Waals surface area contributed by atoms with Crippen molar-refractivity contribution in [1.29, 1.82) is 0 Å². The summed E-state index contributed by atoms with van der Waals surface area (Å²) in [5.41, 5.74) is -0.790. The molecule has 2 aromatic carbocycles. The monoisotopic (exact) mass is 510 g/mol. The van der Waals surface area contributed by atoms with Crippen molar-refractivity contribution in [2.45, 2.75) is 45.8 Å². The summed E-state index contributed by atoms with van der Waals surface area (Å²) in [6.07, 6.45) is 0. The zero-order valence-corrected chi connectivity index (χ0v) is 21.6. The Labute approximate surface area is 205 Å². The number of benzene rings is 2. The number of hydrogen-bond donors (Lipinski definition) is 1. The molecule has 11 heteroatoms. The van der Waals surface area contributed by atoms with Gasteiger partial charge in [0.25, 0.3) is 0 Å². The van der Waals surface area contributed by atoms with Crippen molar-refractivity contribution < 1.29 is 26.8 Å². The number of carbonyl (C=O) groups is 2. The van der Waals surface area contributed by atoms with Crippen LogP contribution in [0.4, 0.5) is 14.5 Å². The molecule has 0 radical (unpaired) electrons. The first-order valence-corrected chi connectivity index (χ1v) is 12.3. The van der Waals surface area contributed by atoms with Gasteiger partial charge in [0.2, 0.25) is 11.8 Å². The number of hydrogen-bond acceptors (Lipinski definition) is 4. The maximum absolute atomic E-state index is 14.6. The van der Waals surface area contributed by atoms with Gasteiger partial charge in [-0.3, -0.25) is 9.59 Å². The summed E-state index contributed by atoms with van der Waals surface area (Å²) in [5.74, 6) is -2.74. The van der Waals surface area contributed by atoms with Gasteiger partial charge in [-0.25, -0.2) is 13.1 Å². The molecule has 2 amide bonds. The van der Waals surface area contributed by atoms with Crippen molar-refractivity contribution in [2.24, 2.45) is 0 Å². The normalized spacial score (nSPS) is 12.8. The number of para-hydroxylation sites is 1. The molecule has 0 aliphatic heterocycles. The highest BCUT2D eigenvalue weighted by molar-refractivity contribution is 7.90. The lowest BCUT2D eigenvalue weighted by atomic mass is 10.1. The SMILES string of the molecule is C[C@H](C(=O)NC(C)(C)C)N(Cc1ccccc1F)C(=O)CN(c1ccccc1F)S(=O)(=O)N(C)C. The van der Waals surface area contributed by atoms with E-state index in [4.69, 9.17) is 0 Å². The molecule has 192 valence electrons. The lowest BCUT2D eigenvalue weighted by Gasteiger charge is -2.34. The molecule has 35 heavy (non-hydrogen) atoms. The topological polar surface area (TPSA) is 90.0 Å². The van der Waals surface area contributed by atoms with Crippen molar-refractivity contribution in [3.8, 4) is 0 Å². The van der Waals surface area contributed by atoms with Crippen LogP contribution in [0.1, 0.15) is 33.3 Å². The largest absolute Gasteiger partial charge is 0.350 e. The number of anilines is 1. The fraction of sp³-hybridized carbons (Fsp3) is 0.417. The quantitative estimate of drug-likeness (QED) is 0.562. The van der Waals surface area contributed by atoms with Crippen molar-refractivity contribution in [2.75, 3.05) is 24.9 Å². The van der Waals surface area contributed by atoms with E-state index in [0.717, 1.165) is 15.3 Å². The molecule has 2 aromatic rings. The first kappa shape index (κ1) is 28.2. The van der Waals surface area contributed by atoms with Crippen LogP contribution in [-0.4, -0.2) is 61.7 Å². The third-order valence-electron chi connectivity index (χ3n) is 5.10. The predicted molar refractivity (Wildman–Crippen MR) is 131 cm³/mol. The van der Waals surface area contributed by atoms with Crippen LogP contribution >= 0.6 is 0 Å². The minimum absolute atomic E-state index is 0.143. The molecule has 0 aliphatic carbocycles. The summed E-state index contributed by atoms with van der Waals surface area (Å²) >= 11 is 0. The highest BCUT2D eigenvalue weighted by atomic mass is 32.2. The first-order chi connectivity index (χ1) is 16.1. The van der Waals surface area contributed by atoms with E-state index in [1.165, 1.54) is 57.4 Å². The molecule has 0 fully saturated rings. The summed E-state index contributed by atoms with van der Waals surface area (Å²) in [7, 11) is -1.79. The second-order valence-corrected chi connectivity index (χ2v) is 11.3. The van der Waals surface area contributed by atoms with Gasteiger partial charge in [0.15, 0.2) is 0 Å². The summed E-state index contributed by atoms with van der Waals surface area (Å²) in [5, 5.41) is 2.77. The molecule has 0 saturated carbocycles. The van der Waals surface area contributed by atoms with Crippen LogP contribution in [0.3, 0.4) is 0 Å². The van der Waals surface area contributed by atoms with Gasteiger partial charge >= 0.3 is 10.2 Å². The van der Waals surface area contributed by atoms with Crippen LogP contribution in [0.2, 0.25) is 0 Å². The molecule has 0 spiro atoms. The van der Waals surface area contributed by atoms with Crippen LogP contribution in [-0.2, 0) is 26.3 Å². The van der Waals surface area contributed by atoms with Gasteiger partial charge in [0, 0.05) is 31.7 Å². The fourth-order valence-corrected chi connectivity index (χ4v) is 4.29. The fourth-order valence-electron chi connectivity index (χ4n) is 3.22. The molecular weight excluding hydrogens is 478 g/mol. The lowest BCUT2D eigenvalue weighted by molar-refractivity contribution is -0.140. The summed E-state index contributed by atoms with van der Waals surface area (Å²) in [6.45, 7) is 5.67. The van der Waals surface area contributed by atoms with Gasteiger partial charge < -0.3 is 10.2 Å². The Hall–Kier alpha value is -3.05.